The quantitative estimate of drug-likeness (QED) is 0.190. The minimum absolute atomic E-state index is 0.0752. The zero-order chi connectivity index (χ0) is 35.8. The minimum Gasteiger partial charge on any atom is -0.490 e. The number of amides is 3. The van der Waals surface area contributed by atoms with Gasteiger partial charge in [0.2, 0.25) is 11.8 Å². The fourth-order valence-corrected chi connectivity index (χ4v) is 11.4. The van der Waals surface area contributed by atoms with Crippen molar-refractivity contribution in [2.24, 2.45) is 29.6 Å². The highest BCUT2D eigenvalue weighted by atomic mass is 32.2. The van der Waals surface area contributed by atoms with Crippen molar-refractivity contribution in [1.29, 1.82) is 0 Å². The van der Waals surface area contributed by atoms with E-state index in [9.17, 15) is 32.3 Å². The molecule has 3 aromatic carbocycles. The standard InChI is InChI=1S/C37H32F3N3O6S2/c1-3-48-25-13-18(9-12-24(25)49-16-26(44)41-20-10-7-17(2)8-11-20)27-28-22-15-23(31(28)50-33-32(27)51-36(47)42-33)30-29(22)34(45)43(35(30)46)21-6-4-5-19(14-21)37(38,39)40/h4-14,22-23,27-31H,3,15-16H2,1-2H3,(H,41,44)(H,42,47)/t22?,23?,27-,28?,29?,30?,31?/m1/s1. The van der Waals surface area contributed by atoms with E-state index in [1.165, 1.54) is 23.9 Å². The number of hydrogen-bond donors (Lipinski definition) is 2. The van der Waals surface area contributed by atoms with Crippen molar-refractivity contribution >= 4 is 52.2 Å². The molecule has 14 heteroatoms. The number of carbonyl (C=O) groups excluding carboxylic acids is 3. The van der Waals surface area contributed by atoms with Gasteiger partial charge in [0.15, 0.2) is 18.1 Å². The second kappa shape index (κ2) is 12.6. The number of aryl methyl sites for hydroxylation is 1. The van der Waals surface area contributed by atoms with Crippen molar-refractivity contribution in [1.82, 2.24) is 4.98 Å². The van der Waals surface area contributed by atoms with Crippen LogP contribution in [-0.4, -0.2) is 41.2 Å². The summed E-state index contributed by atoms with van der Waals surface area (Å²) in [4.78, 5) is 57.9. The third kappa shape index (κ3) is 5.72. The number of aromatic nitrogens is 1. The van der Waals surface area contributed by atoms with Gasteiger partial charge < -0.3 is 19.8 Å². The molecule has 4 aromatic rings. The molecule has 1 aromatic heterocycles. The highest BCUT2D eigenvalue weighted by molar-refractivity contribution is 8.00. The average Bonchev–Trinajstić information content (AvgIpc) is 3.83. The van der Waals surface area contributed by atoms with Gasteiger partial charge in [0, 0.05) is 21.7 Å². The molecule has 7 atom stereocenters. The predicted octanol–water partition coefficient (Wildman–Crippen LogP) is 6.86. The van der Waals surface area contributed by atoms with E-state index in [0.29, 0.717) is 30.2 Å². The molecule has 4 aliphatic rings. The summed E-state index contributed by atoms with van der Waals surface area (Å²) in [5, 5.41) is 3.42. The molecule has 3 fully saturated rings. The Morgan fingerprint density at radius 2 is 1.71 bits per heavy atom. The molecule has 1 saturated heterocycles. The van der Waals surface area contributed by atoms with E-state index in [0.717, 1.165) is 49.4 Å². The summed E-state index contributed by atoms with van der Waals surface area (Å²) in [7, 11) is 0. The molecule has 51 heavy (non-hydrogen) atoms. The van der Waals surface area contributed by atoms with E-state index in [1.807, 2.05) is 50.2 Å². The van der Waals surface area contributed by atoms with E-state index in [4.69, 9.17) is 9.47 Å². The average molecular weight is 736 g/mol. The van der Waals surface area contributed by atoms with Crippen LogP contribution in [0.5, 0.6) is 11.5 Å². The smallest absolute Gasteiger partial charge is 0.416 e. The van der Waals surface area contributed by atoms with Crippen molar-refractivity contribution in [2.75, 3.05) is 23.4 Å². The lowest BCUT2D eigenvalue weighted by molar-refractivity contribution is -0.137. The number of alkyl halides is 3. The normalized spacial score (nSPS) is 26.1. The third-order valence-electron chi connectivity index (χ3n) is 10.5. The van der Waals surface area contributed by atoms with Crippen LogP contribution in [0.3, 0.4) is 0 Å². The molecule has 3 amide bonds. The monoisotopic (exact) mass is 735 g/mol. The van der Waals surface area contributed by atoms with Gasteiger partial charge in [0.05, 0.1) is 34.7 Å². The summed E-state index contributed by atoms with van der Waals surface area (Å²) in [6, 6.07) is 17.2. The highest BCUT2D eigenvalue weighted by Gasteiger charge is 2.69. The van der Waals surface area contributed by atoms with Crippen molar-refractivity contribution in [3.8, 4) is 11.5 Å². The van der Waals surface area contributed by atoms with Gasteiger partial charge in [-0.25, -0.2) is 0 Å². The lowest BCUT2D eigenvalue weighted by Crippen LogP contribution is -2.42. The number of rotatable bonds is 8. The van der Waals surface area contributed by atoms with Crippen LogP contribution in [-0.2, 0) is 20.6 Å². The van der Waals surface area contributed by atoms with Gasteiger partial charge in [0.25, 0.3) is 5.91 Å². The lowest BCUT2D eigenvalue weighted by atomic mass is 9.68. The lowest BCUT2D eigenvalue weighted by Gasteiger charge is -2.43. The second-order valence-corrected chi connectivity index (χ2v) is 15.6. The molecule has 0 radical (unpaired) electrons. The molecular formula is C37H32F3N3O6S2. The first-order valence-corrected chi connectivity index (χ1v) is 18.3. The van der Waals surface area contributed by atoms with Crippen LogP contribution in [0.25, 0.3) is 0 Å². The molecule has 3 heterocycles. The summed E-state index contributed by atoms with van der Waals surface area (Å²) in [5.41, 5.74) is 1.54. The zero-order valence-electron chi connectivity index (χ0n) is 27.4. The Hall–Kier alpha value is -4.56. The molecule has 6 unspecified atom stereocenters. The van der Waals surface area contributed by atoms with Crippen molar-refractivity contribution in [2.45, 2.75) is 42.6 Å². The maximum Gasteiger partial charge on any atom is 0.416 e. The SMILES string of the molecule is CCOc1cc([C@H]2c3sc(=O)[nH]c3SC3C4CC(C5C(=O)N(c6cccc(C(F)(F)F)c6)C(=O)C45)C32)ccc1OCC(=O)Nc1ccc(C)cc1. The Labute approximate surface area is 298 Å². The Bertz CT molecular complexity index is 2110. The van der Waals surface area contributed by atoms with Gasteiger partial charge in [-0.05, 0) is 86.1 Å². The van der Waals surface area contributed by atoms with Gasteiger partial charge in [-0.15, -0.1) is 11.8 Å². The summed E-state index contributed by atoms with van der Waals surface area (Å²) in [6.07, 6.45) is -4.00. The van der Waals surface area contributed by atoms with Gasteiger partial charge in [-0.2, -0.15) is 13.2 Å². The first-order valence-electron chi connectivity index (χ1n) is 16.6. The second-order valence-electron chi connectivity index (χ2n) is 13.4. The van der Waals surface area contributed by atoms with Crippen LogP contribution < -0.4 is 24.6 Å². The number of fused-ring (bicyclic) bond motifs is 9. The Kier molecular flexibility index (Phi) is 8.29. The highest BCUT2D eigenvalue weighted by Crippen LogP contribution is 2.69. The molecule has 264 valence electrons. The number of benzene rings is 3. The van der Waals surface area contributed by atoms with Crippen LogP contribution in [0.4, 0.5) is 24.5 Å². The largest absolute Gasteiger partial charge is 0.490 e. The number of carbonyl (C=O) groups is 3. The third-order valence-corrected chi connectivity index (χ3v) is 13.1. The van der Waals surface area contributed by atoms with Gasteiger partial charge in [-0.1, -0.05) is 41.2 Å². The van der Waals surface area contributed by atoms with Crippen molar-refractivity contribution in [3.63, 3.8) is 0 Å². The number of anilines is 2. The fourth-order valence-electron chi connectivity index (χ4n) is 8.55. The maximum absolute atomic E-state index is 14.1. The van der Waals surface area contributed by atoms with Gasteiger partial charge >= 0.3 is 11.0 Å². The van der Waals surface area contributed by atoms with Crippen molar-refractivity contribution in [3.05, 3.63) is 98.0 Å². The summed E-state index contributed by atoms with van der Waals surface area (Å²) in [6.45, 7) is 3.85. The summed E-state index contributed by atoms with van der Waals surface area (Å²) >= 11 is 2.63. The zero-order valence-corrected chi connectivity index (χ0v) is 29.0. The van der Waals surface area contributed by atoms with Crippen molar-refractivity contribution < 1.29 is 37.0 Å². The number of hydrogen-bond acceptors (Lipinski definition) is 8. The molecule has 2 aliphatic heterocycles. The molecule has 9 nitrogen and oxygen atoms in total. The van der Waals surface area contributed by atoms with E-state index in [1.54, 1.807) is 6.07 Å². The first kappa shape index (κ1) is 33.6. The molecule has 2 N–H and O–H groups in total. The number of imide groups is 1. The van der Waals surface area contributed by atoms with E-state index in [-0.39, 0.29) is 52.0 Å². The predicted molar refractivity (Wildman–Crippen MR) is 185 cm³/mol. The molecule has 2 aliphatic carbocycles. The number of halogens is 3. The number of nitrogens with zero attached hydrogens (tertiary/aromatic N) is 1. The molecule has 2 bridgehead atoms. The topological polar surface area (TPSA) is 118 Å². The fraction of sp³-hybridized carbons (Fsp3) is 0.351. The Balaban J connectivity index is 1.10. The number of aromatic amines is 1. The Morgan fingerprint density at radius 1 is 0.961 bits per heavy atom. The minimum atomic E-state index is -4.63. The number of ether oxygens (including phenoxy) is 2. The maximum atomic E-state index is 14.1. The molecular weight excluding hydrogens is 704 g/mol. The van der Waals surface area contributed by atoms with Crippen LogP contribution >= 0.6 is 23.1 Å². The summed E-state index contributed by atoms with van der Waals surface area (Å²) < 4.78 is 52.6. The van der Waals surface area contributed by atoms with E-state index in [2.05, 4.69) is 10.3 Å². The first-order chi connectivity index (χ1) is 24.4. The van der Waals surface area contributed by atoms with Crippen LogP contribution in [0.1, 0.15) is 40.8 Å². The summed E-state index contributed by atoms with van der Waals surface area (Å²) in [5.74, 6) is -2.75. The number of thiazole rings is 1. The van der Waals surface area contributed by atoms with Crippen LogP contribution in [0, 0.1) is 36.5 Å². The Morgan fingerprint density at radius 3 is 2.43 bits per heavy atom. The van der Waals surface area contributed by atoms with Crippen LogP contribution in [0.2, 0.25) is 0 Å². The number of nitrogens with one attached hydrogen (secondary N) is 2. The molecule has 8 rings (SSSR count). The van der Waals surface area contributed by atoms with Gasteiger partial charge in [-0.3, -0.25) is 24.1 Å². The van der Waals surface area contributed by atoms with E-state index < -0.39 is 35.4 Å². The van der Waals surface area contributed by atoms with Gasteiger partial charge in [0.1, 0.15) is 0 Å². The number of H-pyrrole nitrogens is 1. The molecule has 0 spiro atoms. The van der Waals surface area contributed by atoms with Crippen LogP contribution in [0.15, 0.2) is 76.6 Å². The number of thioether (sulfide) groups is 1. The van der Waals surface area contributed by atoms with E-state index >= 15 is 0 Å². The molecule has 2 saturated carbocycles.